The van der Waals surface area contributed by atoms with Crippen molar-refractivity contribution in [3.8, 4) is 0 Å². The maximum atomic E-state index is 12.6. The predicted octanol–water partition coefficient (Wildman–Crippen LogP) is 3.82. The number of aliphatic carboxylic acids is 1. The molecule has 2 rings (SSSR count). The number of carboxylic acid groups (broad SMARTS) is 1. The zero-order valence-electron chi connectivity index (χ0n) is 15.9. The summed E-state index contributed by atoms with van der Waals surface area (Å²) in [6, 6.07) is 16.8. The Labute approximate surface area is 160 Å². The highest BCUT2D eigenvalue weighted by atomic mass is 16.5. The van der Waals surface area contributed by atoms with Crippen LogP contribution >= 0.6 is 0 Å². The molecule has 1 amide bonds. The van der Waals surface area contributed by atoms with Gasteiger partial charge in [-0.15, -0.1) is 0 Å². The van der Waals surface area contributed by atoms with Crippen LogP contribution in [0.3, 0.4) is 0 Å². The Morgan fingerprint density at radius 1 is 1.00 bits per heavy atom. The van der Waals surface area contributed by atoms with E-state index in [-0.39, 0.29) is 24.5 Å². The molecular weight excluding hydrogens is 342 g/mol. The van der Waals surface area contributed by atoms with E-state index in [4.69, 9.17) is 9.84 Å². The number of carbonyl (C=O) groups is 2. The first-order valence-electron chi connectivity index (χ1n) is 9.21. The van der Waals surface area contributed by atoms with Gasteiger partial charge in [0, 0.05) is 18.0 Å². The lowest BCUT2D eigenvalue weighted by atomic mass is 10.0. The molecule has 0 saturated carbocycles. The largest absolute Gasteiger partial charge is 0.481 e. The number of benzene rings is 2. The lowest BCUT2D eigenvalue weighted by Crippen LogP contribution is -2.36. The van der Waals surface area contributed by atoms with Gasteiger partial charge in [0.05, 0.1) is 12.7 Å². The molecule has 144 valence electrons. The van der Waals surface area contributed by atoms with Crippen LogP contribution < -0.4 is 5.32 Å². The quantitative estimate of drug-likeness (QED) is 0.668. The van der Waals surface area contributed by atoms with Crippen LogP contribution in [0, 0.1) is 0 Å². The Morgan fingerprint density at radius 2 is 1.67 bits per heavy atom. The van der Waals surface area contributed by atoms with Gasteiger partial charge in [-0.05, 0) is 49.9 Å². The average molecular weight is 369 g/mol. The van der Waals surface area contributed by atoms with Crippen molar-refractivity contribution in [3.63, 3.8) is 0 Å². The van der Waals surface area contributed by atoms with Crippen LogP contribution in [0.1, 0.15) is 48.2 Å². The molecule has 0 fully saturated rings. The van der Waals surface area contributed by atoms with Gasteiger partial charge in [-0.25, -0.2) is 0 Å². The molecule has 0 radical (unpaired) electrons. The number of nitrogens with one attached hydrogen (secondary N) is 1. The summed E-state index contributed by atoms with van der Waals surface area (Å²) >= 11 is 0. The molecule has 5 nitrogen and oxygen atoms in total. The molecule has 2 aromatic carbocycles. The van der Waals surface area contributed by atoms with Gasteiger partial charge in [-0.2, -0.15) is 0 Å². The minimum atomic E-state index is -0.864. The number of carbonyl (C=O) groups excluding carboxylic acids is 1. The van der Waals surface area contributed by atoms with Crippen molar-refractivity contribution in [3.05, 3.63) is 71.3 Å². The lowest BCUT2D eigenvalue weighted by molar-refractivity contribution is -0.137. The molecular formula is C22H27NO4. The number of ether oxygens (including phenoxy) is 1. The topological polar surface area (TPSA) is 75.6 Å². The molecule has 2 N–H and O–H groups in total. The molecule has 0 aliphatic heterocycles. The first-order valence-corrected chi connectivity index (χ1v) is 9.21. The molecule has 0 saturated heterocycles. The second-order valence-corrected chi connectivity index (χ2v) is 6.85. The highest BCUT2D eigenvalue weighted by molar-refractivity contribution is 5.94. The summed E-state index contributed by atoms with van der Waals surface area (Å²) in [6.07, 6.45) is 1.15. The molecule has 0 aliphatic rings. The van der Waals surface area contributed by atoms with Gasteiger partial charge < -0.3 is 15.2 Å². The van der Waals surface area contributed by atoms with E-state index in [0.29, 0.717) is 25.0 Å². The van der Waals surface area contributed by atoms with Crippen LogP contribution in [0.4, 0.5) is 0 Å². The predicted molar refractivity (Wildman–Crippen MR) is 105 cm³/mol. The van der Waals surface area contributed by atoms with Crippen molar-refractivity contribution in [1.29, 1.82) is 0 Å². The van der Waals surface area contributed by atoms with E-state index in [9.17, 15) is 9.59 Å². The Kier molecular flexibility index (Phi) is 8.01. The van der Waals surface area contributed by atoms with Gasteiger partial charge in [-0.1, -0.05) is 42.5 Å². The standard InChI is InChI=1S/C22H27NO4/c1-16(2)27-15-18-8-10-19(11-9-18)22(26)23-20(12-13-21(24)25)14-17-6-4-3-5-7-17/h3-11,16,20H,12-15H2,1-2H3,(H,23,26)(H,24,25). The Hall–Kier alpha value is -2.66. The fourth-order valence-electron chi connectivity index (χ4n) is 2.71. The number of carboxylic acids is 1. The summed E-state index contributed by atoms with van der Waals surface area (Å²) < 4.78 is 5.56. The van der Waals surface area contributed by atoms with E-state index in [0.717, 1.165) is 11.1 Å². The van der Waals surface area contributed by atoms with Crippen molar-refractivity contribution in [2.45, 2.75) is 51.9 Å². The number of hydrogen-bond acceptors (Lipinski definition) is 3. The fraction of sp³-hybridized carbons (Fsp3) is 0.364. The van der Waals surface area contributed by atoms with Crippen molar-refractivity contribution in [2.24, 2.45) is 0 Å². The third-order valence-corrected chi connectivity index (χ3v) is 4.17. The van der Waals surface area contributed by atoms with Gasteiger partial charge in [-0.3, -0.25) is 9.59 Å². The normalized spacial score (nSPS) is 12.0. The zero-order chi connectivity index (χ0) is 19.6. The van der Waals surface area contributed by atoms with Crippen LogP contribution in [-0.2, 0) is 22.6 Å². The van der Waals surface area contributed by atoms with Gasteiger partial charge >= 0.3 is 5.97 Å². The van der Waals surface area contributed by atoms with Crippen LogP contribution in [0.25, 0.3) is 0 Å². The molecule has 27 heavy (non-hydrogen) atoms. The maximum Gasteiger partial charge on any atom is 0.303 e. The second kappa shape index (κ2) is 10.5. The van der Waals surface area contributed by atoms with E-state index >= 15 is 0 Å². The van der Waals surface area contributed by atoms with Gasteiger partial charge in [0.25, 0.3) is 5.91 Å². The molecule has 0 aromatic heterocycles. The first-order chi connectivity index (χ1) is 12.9. The first kappa shape index (κ1) is 20.6. The van der Waals surface area contributed by atoms with E-state index < -0.39 is 5.97 Å². The third kappa shape index (κ3) is 7.62. The van der Waals surface area contributed by atoms with Crippen LogP contribution in [0.2, 0.25) is 0 Å². The van der Waals surface area contributed by atoms with Crippen molar-refractivity contribution >= 4 is 11.9 Å². The summed E-state index contributed by atoms with van der Waals surface area (Å²) in [7, 11) is 0. The monoisotopic (exact) mass is 369 g/mol. The van der Waals surface area contributed by atoms with E-state index in [1.165, 1.54) is 0 Å². The molecule has 0 spiro atoms. The van der Waals surface area contributed by atoms with Gasteiger partial charge in [0.15, 0.2) is 0 Å². The average Bonchev–Trinajstić information content (AvgIpc) is 2.65. The lowest BCUT2D eigenvalue weighted by Gasteiger charge is -2.18. The van der Waals surface area contributed by atoms with E-state index in [1.54, 1.807) is 12.1 Å². The summed E-state index contributed by atoms with van der Waals surface area (Å²) in [5.74, 6) is -1.06. The molecule has 0 heterocycles. The Bertz CT molecular complexity index is 726. The summed E-state index contributed by atoms with van der Waals surface area (Å²) in [5, 5.41) is 11.9. The molecule has 5 heteroatoms. The number of hydrogen-bond donors (Lipinski definition) is 2. The SMILES string of the molecule is CC(C)OCc1ccc(C(=O)NC(CCC(=O)O)Cc2ccccc2)cc1. The van der Waals surface area contributed by atoms with Gasteiger partial charge in [0.2, 0.25) is 0 Å². The highest BCUT2D eigenvalue weighted by Crippen LogP contribution is 2.11. The van der Waals surface area contributed by atoms with Crippen molar-refractivity contribution in [1.82, 2.24) is 5.32 Å². The number of amides is 1. The summed E-state index contributed by atoms with van der Waals surface area (Å²) in [4.78, 5) is 23.5. The Morgan fingerprint density at radius 3 is 2.26 bits per heavy atom. The van der Waals surface area contributed by atoms with Gasteiger partial charge in [0.1, 0.15) is 0 Å². The zero-order valence-corrected chi connectivity index (χ0v) is 15.9. The number of rotatable bonds is 10. The smallest absolute Gasteiger partial charge is 0.303 e. The van der Waals surface area contributed by atoms with Crippen LogP contribution in [0.5, 0.6) is 0 Å². The molecule has 2 aromatic rings. The molecule has 0 aliphatic carbocycles. The molecule has 0 bridgehead atoms. The van der Waals surface area contributed by atoms with E-state index in [2.05, 4.69) is 5.32 Å². The Balaban J connectivity index is 1.99. The maximum absolute atomic E-state index is 12.6. The minimum absolute atomic E-state index is 0.0171. The third-order valence-electron chi connectivity index (χ3n) is 4.17. The van der Waals surface area contributed by atoms with Crippen molar-refractivity contribution in [2.75, 3.05) is 0 Å². The van der Waals surface area contributed by atoms with E-state index in [1.807, 2.05) is 56.3 Å². The summed E-state index contributed by atoms with van der Waals surface area (Å²) in [5.41, 5.74) is 2.62. The van der Waals surface area contributed by atoms with Crippen LogP contribution in [0.15, 0.2) is 54.6 Å². The van der Waals surface area contributed by atoms with Crippen LogP contribution in [-0.4, -0.2) is 29.1 Å². The molecule has 1 atom stereocenters. The fourth-order valence-corrected chi connectivity index (χ4v) is 2.71. The minimum Gasteiger partial charge on any atom is -0.481 e. The highest BCUT2D eigenvalue weighted by Gasteiger charge is 2.16. The molecule has 1 unspecified atom stereocenters. The van der Waals surface area contributed by atoms with Crippen molar-refractivity contribution < 1.29 is 19.4 Å². The second-order valence-electron chi connectivity index (χ2n) is 6.85. The summed E-state index contributed by atoms with van der Waals surface area (Å²) in [6.45, 7) is 4.46.